The van der Waals surface area contributed by atoms with E-state index in [2.05, 4.69) is 16.4 Å². The van der Waals surface area contributed by atoms with Crippen molar-refractivity contribution >= 4 is 33.1 Å². The van der Waals surface area contributed by atoms with Crippen LogP contribution in [0.15, 0.2) is 42.5 Å². The minimum absolute atomic E-state index is 0.115. The molecule has 0 aliphatic carbocycles. The number of thiazole rings is 1. The third-order valence-electron chi connectivity index (χ3n) is 3.39. The standard InChI is InChI=1S/C18H18N2O3S/c1-12(21)19-15-8-7-14(9-13(15)10-22-2)23-11-18-20-16-5-3-4-6-17(16)24-18/h3-9H,10-11H2,1-2H3,(H,19,21). The van der Waals surface area contributed by atoms with Crippen molar-refractivity contribution in [1.82, 2.24) is 4.98 Å². The number of hydrogen-bond acceptors (Lipinski definition) is 5. The first kappa shape index (κ1) is 16.4. The van der Waals surface area contributed by atoms with E-state index in [9.17, 15) is 4.79 Å². The molecule has 1 N–H and O–H groups in total. The van der Waals surface area contributed by atoms with Crippen LogP contribution in [0.25, 0.3) is 10.2 Å². The highest BCUT2D eigenvalue weighted by Crippen LogP contribution is 2.26. The molecule has 3 aromatic rings. The van der Waals surface area contributed by atoms with E-state index in [1.165, 1.54) is 6.92 Å². The molecule has 6 heteroatoms. The minimum Gasteiger partial charge on any atom is -0.486 e. The fourth-order valence-corrected chi connectivity index (χ4v) is 3.25. The highest BCUT2D eigenvalue weighted by atomic mass is 32.1. The third kappa shape index (κ3) is 3.90. The van der Waals surface area contributed by atoms with Gasteiger partial charge in [0.25, 0.3) is 0 Å². The minimum atomic E-state index is -0.115. The average Bonchev–Trinajstić information content (AvgIpc) is 2.98. The van der Waals surface area contributed by atoms with Crippen LogP contribution in [-0.4, -0.2) is 18.0 Å². The molecule has 0 bridgehead atoms. The van der Waals surface area contributed by atoms with E-state index in [4.69, 9.17) is 9.47 Å². The van der Waals surface area contributed by atoms with Crippen LogP contribution >= 0.6 is 11.3 Å². The summed E-state index contributed by atoms with van der Waals surface area (Å²) in [6.07, 6.45) is 0. The van der Waals surface area contributed by atoms with Gasteiger partial charge in [0.15, 0.2) is 0 Å². The van der Waals surface area contributed by atoms with Crippen LogP contribution in [0.5, 0.6) is 5.75 Å². The lowest BCUT2D eigenvalue weighted by molar-refractivity contribution is -0.114. The van der Waals surface area contributed by atoms with Crippen molar-refractivity contribution < 1.29 is 14.3 Å². The van der Waals surface area contributed by atoms with Gasteiger partial charge in [-0.05, 0) is 30.3 Å². The van der Waals surface area contributed by atoms with E-state index in [0.717, 1.165) is 32.2 Å². The molecule has 0 atom stereocenters. The number of ether oxygens (including phenoxy) is 2. The largest absolute Gasteiger partial charge is 0.486 e. The van der Waals surface area contributed by atoms with Gasteiger partial charge in [-0.3, -0.25) is 4.79 Å². The molecule has 0 fully saturated rings. The second kappa shape index (κ2) is 7.42. The predicted octanol–water partition coefficient (Wildman–Crippen LogP) is 3.98. The summed E-state index contributed by atoms with van der Waals surface area (Å²) in [6.45, 7) is 2.29. The highest BCUT2D eigenvalue weighted by Gasteiger charge is 2.08. The van der Waals surface area contributed by atoms with Gasteiger partial charge in [-0.1, -0.05) is 12.1 Å². The first-order valence-corrected chi connectivity index (χ1v) is 8.34. The Kier molecular flexibility index (Phi) is 5.08. The number of para-hydroxylation sites is 1. The quantitative estimate of drug-likeness (QED) is 0.736. The van der Waals surface area contributed by atoms with Gasteiger partial charge in [-0.2, -0.15) is 0 Å². The molecule has 0 unspecified atom stereocenters. The fraction of sp³-hybridized carbons (Fsp3) is 0.222. The Morgan fingerprint density at radius 3 is 2.79 bits per heavy atom. The lowest BCUT2D eigenvalue weighted by Crippen LogP contribution is -2.08. The smallest absolute Gasteiger partial charge is 0.221 e. The molecule has 1 amide bonds. The number of benzene rings is 2. The molecule has 124 valence electrons. The van der Waals surface area contributed by atoms with Gasteiger partial charge in [0.2, 0.25) is 5.91 Å². The van der Waals surface area contributed by atoms with Crippen molar-refractivity contribution in [3.05, 3.63) is 53.0 Å². The van der Waals surface area contributed by atoms with Crippen LogP contribution < -0.4 is 10.1 Å². The van der Waals surface area contributed by atoms with Gasteiger partial charge in [0.1, 0.15) is 17.4 Å². The lowest BCUT2D eigenvalue weighted by atomic mass is 10.1. The predicted molar refractivity (Wildman–Crippen MR) is 95.4 cm³/mol. The molecule has 2 aromatic carbocycles. The number of hydrogen-bond donors (Lipinski definition) is 1. The summed E-state index contributed by atoms with van der Waals surface area (Å²) in [4.78, 5) is 15.8. The van der Waals surface area contributed by atoms with Crippen LogP contribution in [0.1, 0.15) is 17.5 Å². The maximum absolute atomic E-state index is 11.3. The summed E-state index contributed by atoms with van der Waals surface area (Å²) >= 11 is 1.62. The maximum atomic E-state index is 11.3. The van der Waals surface area contributed by atoms with Crippen molar-refractivity contribution in [3.63, 3.8) is 0 Å². The third-order valence-corrected chi connectivity index (χ3v) is 4.40. The number of amides is 1. The second-order valence-corrected chi connectivity index (χ2v) is 6.41. The van der Waals surface area contributed by atoms with E-state index in [1.807, 2.05) is 36.4 Å². The van der Waals surface area contributed by atoms with E-state index < -0.39 is 0 Å². The summed E-state index contributed by atoms with van der Waals surface area (Å²) in [6, 6.07) is 13.6. The Balaban J connectivity index is 1.74. The summed E-state index contributed by atoms with van der Waals surface area (Å²) in [7, 11) is 1.62. The van der Waals surface area contributed by atoms with Gasteiger partial charge in [0.05, 0.1) is 16.8 Å². The van der Waals surface area contributed by atoms with Crippen LogP contribution in [0.3, 0.4) is 0 Å². The first-order chi connectivity index (χ1) is 11.7. The topological polar surface area (TPSA) is 60.5 Å². The summed E-state index contributed by atoms with van der Waals surface area (Å²) in [5.41, 5.74) is 2.59. The number of fused-ring (bicyclic) bond motifs is 1. The fourth-order valence-electron chi connectivity index (χ4n) is 2.37. The second-order valence-electron chi connectivity index (χ2n) is 5.30. The molecule has 1 aromatic heterocycles. The SMILES string of the molecule is COCc1cc(OCc2nc3ccccc3s2)ccc1NC(C)=O. The molecule has 5 nitrogen and oxygen atoms in total. The zero-order valence-electron chi connectivity index (χ0n) is 13.5. The van der Waals surface area contributed by atoms with Gasteiger partial charge in [-0.25, -0.2) is 4.98 Å². The number of nitrogens with one attached hydrogen (secondary N) is 1. The van der Waals surface area contributed by atoms with Crippen molar-refractivity contribution in [2.24, 2.45) is 0 Å². The van der Waals surface area contributed by atoms with Crippen LogP contribution in [0, 0.1) is 0 Å². The van der Waals surface area contributed by atoms with Gasteiger partial charge in [-0.15, -0.1) is 11.3 Å². The van der Waals surface area contributed by atoms with Crippen molar-refractivity contribution in [2.45, 2.75) is 20.1 Å². The zero-order chi connectivity index (χ0) is 16.9. The number of rotatable bonds is 6. The highest BCUT2D eigenvalue weighted by molar-refractivity contribution is 7.18. The van der Waals surface area contributed by atoms with Crippen molar-refractivity contribution in [3.8, 4) is 5.75 Å². The maximum Gasteiger partial charge on any atom is 0.221 e. The molecule has 0 aliphatic heterocycles. The zero-order valence-corrected chi connectivity index (χ0v) is 14.4. The summed E-state index contributed by atoms with van der Waals surface area (Å²) in [5.74, 6) is 0.603. The molecule has 0 saturated carbocycles. The molecule has 3 rings (SSSR count). The van der Waals surface area contributed by atoms with E-state index in [1.54, 1.807) is 18.4 Å². The van der Waals surface area contributed by atoms with Crippen LogP contribution in [0.4, 0.5) is 5.69 Å². The molecular formula is C18H18N2O3S. The normalized spacial score (nSPS) is 10.8. The van der Waals surface area contributed by atoms with Gasteiger partial charge in [0, 0.05) is 25.3 Å². The monoisotopic (exact) mass is 342 g/mol. The number of aromatic nitrogens is 1. The molecule has 0 saturated heterocycles. The van der Waals surface area contributed by atoms with E-state index in [0.29, 0.717) is 13.2 Å². The van der Waals surface area contributed by atoms with E-state index in [-0.39, 0.29) is 5.91 Å². The average molecular weight is 342 g/mol. The summed E-state index contributed by atoms with van der Waals surface area (Å²) < 4.78 is 12.2. The molecular weight excluding hydrogens is 324 g/mol. The van der Waals surface area contributed by atoms with Crippen LogP contribution in [-0.2, 0) is 22.7 Å². The number of carbonyl (C=O) groups excluding carboxylic acids is 1. The Hall–Kier alpha value is -2.44. The number of carbonyl (C=O) groups is 1. The molecule has 24 heavy (non-hydrogen) atoms. The summed E-state index contributed by atoms with van der Waals surface area (Å²) in [5, 5.41) is 3.72. The van der Waals surface area contributed by atoms with Crippen molar-refractivity contribution in [1.29, 1.82) is 0 Å². The Labute approximate surface area is 144 Å². The number of anilines is 1. The van der Waals surface area contributed by atoms with Gasteiger partial charge < -0.3 is 14.8 Å². The Bertz CT molecular complexity index is 827. The molecule has 0 aliphatic rings. The molecule has 1 heterocycles. The van der Waals surface area contributed by atoms with Crippen LogP contribution in [0.2, 0.25) is 0 Å². The molecule has 0 spiro atoms. The Morgan fingerprint density at radius 1 is 1.21 bits per heavy atom. The van der Waals surface area contributed by atoms with Gasteiger partial charge >= 0.3 is 0 Å². The molecule has 0 radical (unpaired) electrons. The lowest BCUT2D eigenvalue weighted by Gasteiger charge is -2.12. The number of methoxy groups -OCH3 is 1. The number of nitrogens with zero attached hydrogens (tertiary/aromatic N) is 1. The van der Waals surface area contributed by atoms with E-state index >= 15 is 0 Å². The first-order valence-electron chi connectivity index (χ1n) is 7.52. The Morgan fingerprint density at radius 2 is 2.04 bits per heavy atom. The van der Waals surface area contributed by atoms with Crippen molar-refractivity contribution in [2.75, 3.05) is 12.4 Å².